The van der Waals surface area contributed by atoms with E-state index in [9.17, 15) is 0 Å². The summed E-state index contributed by atoms with van der Waals surface area (Å²) in [5.74, 6) is 0. The maximum Gasteiger partial charge on any atom is 0.0786 e. The summed E-state index contributed by atoms with van der Waals surface area (Å²) in [4.78, 5) is 2.35. The fraction of sp³-hybridized carbons (Fsp3) is 0.385. The van der Waals surface area contributed by atoms with Gasteiger partial charge in [0.25, 0.3) is 0 Å². The smallest absolute Gasteiger partial charge is 0.0786 e. The standard InChI is InChI=1S/C13H17N5/c14-11-6-7-17(9-11)10-13-8-15-16-18(13)12-4-2-1-3-5-12/h1-5,8,11H,6-7,9-10,14H2. The molecule has 0 aliphatic carbocycles. The maximum atomic E-state index is 5.92. The summed E-state index contributed by atoms with van der Waals surface area (Å²) >= 11 is 0. The van der Waals surface area contributed by atoms with Crippen LogP contribution in [0.15, 0.2) is 36.5 Å². The third-order valence-electron chi connectivity index (χ3n) is 3.32. The number of rotatable bonds is 3. The first kappa shape index (κ1) is 11.4. The highest BCUT2D eigenvalue weighted by molar-refractivity contribution is 5.31. The van der Waals surface area contributed by atoms with E-state index in [1.165, 1.54) is 0 Å². The second-order valence-corrected chi connectivity index (χ2v) is 4.76. The van der Waals surface area contributed by atoms with Crippen molar-refractivity contribution in [3.05, 3.63) is 42.2 Å². The minimum Gasteiger partial charge on any atom is -0.326 e. The molecule has 0 bridgehead atoms. The molecule has 0 radical (unpaired) electrons. The Labute approximate surface area is 106 Å². The number of likely N-dealkylation sites (tertiary alicyclic amines) is 1. The van der Waals surface area contributed by atoms with Crippen molar-refractivity contribution in [3.63, 3.8) is 0 Å². The average Bonchev–Trinajstić information content (AvgIpc) is 3.00. The monoisotopic (exact) mass is 243 g/mol. The van der Waals surface area contributed by atoms with Crippen LogP contribution < -0.4 is 5.73 Å². The summed E-state index contributed by atoms with van der Waals surface area (Å²) in [7, 11) is 0. The van der Waals surface area contributed by atoms with Crippen LogP contribution in [0.4, 0.5) is 0 Å². The normalized spacial score (nSPS) is 20.4. The van der Waals surface area contributed by atoms with Crippen LogP contribution in [0.25, 0.3) is 5.69 Å². The van der Waals surface area contributed by atoms with Gasteiger partial charge in [0.15, 0.2) is 0 Å². The molecule has 1 unspecified atom stereocenters. The number of hydrogen-bond donors (Lipinski definition) is 1. The lowest BCUT2D eigenvalue weighted by Crippen LogP contribution is -2.27. The van der Waals surface area contributed by atoms with Crippen molar-refractivity contribution < 1.29 is 0 Å². The molecule has 1 saturated heterocycles. The molecule has 2 heterocycles. The predicted molar refractivity (Wildman–Crippen MR) is 69.2 cm³/mol. The van der Waals surface area contributed by atoms with E-state index in [1.807, 2.05) is 41.2 Å². The Bertz CT molecular complexity index is 507. The van der Waals surface area contributed by atoms with Gasteiger partial charge in [-0.1, -0.05) is 23.4 Å². The van der Waals surface area contributed by atoms with E-state index >= 15 is 0 Å². The van der Waals surface area contributed by atoms with Crippen LogP contribution in [-0.2, 0) is 6.54 Å². The Morgan fingerprint density at radius 2 is 2.11 bits per heavy atom. The number of para-hydroxylation sites is 1. The van der Waals surface area contributed by atoms with Gasteiger partial charge in [0, 0.05) is 25.7 Å². The van der Waals surface area contributed by atoms with Gasteiger partial charge < -0.3 is 5.73 Å². The van der Waals surface area contributed by atoms with E-state index in [0.29, 0.717) is 6.04 Å². The first-order valence-corrected chi connectivity index (χ1v) is 6.26. The van der Waals surface area contributed by atoms with Crippen LogP contribution >= 0.6 is 0 Å². The fourth-order valence-corrected chi connectivity index (χ4v) is 2.39. The van der Waals surface area contributed by atoms with Crippen LogP contribution in [-0.4, -0.2) is 39.0 Å². The van der Waals surface area contributed by atoms with Gasteiger partial charge in [-0.15, -0.1) is 5.10 Å². The van der Waals surface area contributed by atoms with Gasteiger partial charge in [0.2, 0.25) is 0 Å². The van der Waals surface area contributed by atoms with Crippen molar-refractivity contribution in [1.82, 2.24) is 19.9 Å². The Kier molecular flexibility index (Phi) is 3.08. The SMILES string of the molecule is NC1CCN(Cc2cnnn2-c2ccccc2)C1. The molecule has 2 aromatic rings. The second kappa shape index (κ2) is 4.88. The number of hydrogen-bond acceptors (Lipinski definition) is 4. The van der Waals surface area contributed by atoms with Crippen LogP contribution in [0.2, 0.25) is 0 Å². The van der Waals surface area contributed by atoms with Crippen LogP contribution in [0.5, 0.6) is 0 Å². The lowest BCUT2D eigenvalue weighted by atomic mass is 10.3. The van der Waals surface area contributed by atoms with Crippen molar-refractivity contribution in [2.75, 3.05) is 13.1 Å². The highest BCUT2D eigenvalue weighted by Gasteiger charge is 2.20. The molecule has 0 saturated carbocycles. The second-order valence-electron chi connectivity index (χ2n) is 4.76. The molecule has 5 heteroatoms. The molecule has 1 aliphatic rings. The van der Waals surface area contributed by atoms with Gasteiger partial charge in [-0.3, -0.25) is 4.90 Å². The first-order valence-electron chi connectivity index (χ1n) is 6.26. The Morgan fingerprint density at radius 1 is 1.28 bits per heavy atom. The van der Waals surface area contributed by atoms with Crippen LogP contribution in [0.3, 0.4) is 0 Å². The Morgan fingerprint density at radius 3 is 2.83 bits per heavy atom. The molecule has 1 fully saturated rings. The van der Waals surface area contributed by atoms with Crippen molar-refractivity contribution in [2.45, 2.75) is 19.0 Å². The molecule has 94 valence electrons. The third-order valence-corrected chi connectivity index (χ3v) is 3.32. The lowest BCUT2D eigenvalue weighted by molar-refractivity contribution is 0.319. The molecule has 3 rings (SSSR count). The maximum absolute atomic E-state index is 5.92. The molecule has 1 atom stereocenters. The van der Waals surface area contributed by atoms with Gasteiger partial charge in [0.1, 0.15) is 0 Å². The zero-order valence-electron chi connectivity index (χ0n) is 10.2. The Hall–Kier alpha value is -1.72. The molecular formula is C13H17N5. The van der Waals surface area contributed by atoms with Crippen LogP contribution in [0.1, 0.15) is 12.1 Å². The number of benzene rings is 1. The van der Waals surface area contributed by atoms with E-state index in [-0.39, 0.29) is 0 Å². The summed E-state index contributed by atoms with van der Waals surface area (Å²) in [5.41, 5.74) is 8.08. The Balaban J connectivity index is 1.80. The van der Waals surface area contributed by atoms with Gasteiger partial charge in [-0.2, -0.15) is 0 Å². The molecule has 5 nitrogen and oxygen atoms in total. The van der Waals surface area contributed by atoms with Gasteiger partial charge >= 0.3 is 0 Å². The summed E-state index contributed by atoms with van der Waals surface area (Å²) in [6.07, 6.45) is 2.91. The van der Waals surface area contributed by atoms with E-state index in [4.69, 9.17) is 5.73 Å². The zero-order valence-corrected chi connectivity index (χ0v) is 10.2. The highest BCUT2D eigenvalue weighted by Crippen LogP contribution is 2.14. The van der Waals surface area contributed by atoms with E-state index in [1.54, 1.807) is 0 Å². The summed E-state index contributed by atoms with van der Waals surface area (Å²) in [5, 5.41) is 8.17. The molecule has 0 spiro atoms. The van der Waals surface area contributed by atoms with Gasteiger partial charge in [-0.05, 0) is 18.6 Å². The highest BCUT2D eigenvalue weighted by atomic mass is 15.4. The number of nitrogens with two attached hydrogens (primary N) is 1. The molecule has 2 N–H and O–H groups in total. The molecule has 18 heavy (non-hydrogen) atoms. The molecule has 0 amide bonds. The number of aromatic nitrogens is 3. The summed E-state index contributed by atoms with van der Waals surface area (Å²) in [6.45, 7) is 2.87. The molecular weight excluding hydrogens is 226 g/mol. The first-order chi connectivity index (χ1) is 8.83. The van der Waals surface area contributed by atoms with Gasteiger partial charge in [-0.25, -0.2) is 4.68 Å². The quantitative estimate of drug-likeness (QED) is 0.866. The van der Waals surface area contributed by atoms with Gasteiger partial charge in [0.05, 0.1) is 17.6 Å². The topological polar surface area (TPSA) is 60.0 Å². The zero-order chi connectivity index (χ0) is 12.4. The fourth-order valence-electron chi connectivity index (χ4n) is 2.39. The summed E-state index contributed by atoms with van der Waals surface area (Å²) < 4.78 is 1.89. The minimum absolute atomic E-state index is 0.311. The van der Waals surface area contributed by atoms with Crippen molar-refractivity contribution in [1.29, 1.82) is 0 Å². The lowest BCUT2D eigenvalue weighted by Gasteiger charge is -2.15. The predicted octanol–water partition coefficient (Wildman–Crippen LogP) is 0.800. The van der Waals surface area contributed by atoms with E-state index < -0.39 is 0 Å². The molecule has 1 aromatic heterocycles. The van der Waals surface area contributed by atoms with E-state index in [0.717, 1.165) is 37.4 Å². The third kappa shape index (κ3) is 2.27. The summed E-state index contributed by atoms with van der Waals surface area (Å²) in [6, 6.07) is 10.4. The number of nitrogens with zero attached hydrogens (tertiary/aromatic N) is 4. The van der Waals surface area contributed by atoms with Crippen LogP contribution in [0, 0.1) is 0 Å². The molecule has 1 aromatic carbocycles. The van der Waals surface area contributed by atoms with Crippen molar-refractivity contribution in [2.24, 2.45) is 5.73 Å². The largest absolute Gasteiger partial charge is 0.326 e. The molecule has 1 aliphatic heterocycles. The van der Waals surface area contributed by atoms with E-state index in [2.05, 4.69) is 15.2 Å². The average molecular weight is 243 g/mol. The van der Waals surface area contributed by atoms with Crippen molar-refractivity contribution >= 4 is 0 Å². The minimum atomic E-state index is 0.311. The van der Waals surface area contributed by atoms with Crippen molar-refractivity contribution in [3.8, 4) is 5.69 Å².